The molecular weight excluding hydrogens is 548 g/mol. The number of ether oxygens (including phenoxy) is 1. The molecule has 11 heteroatoms. The molecule has 4 N–H and O–H groups in total. The molecule has 3 aromatic carbocycles. The van der Waals surface area contributed by atoms with Crippen LogP contribution in [0.1, 0.15) is 25.0 Å². The van der Waals surface area contributed by atoms with Crippen molar-refractivity contribution in [2.75, 3.05) is 18.8 Å². The number of rotatable bonds is 12. The second-order valence-electron chi connectivity index (χ2n) is 9.97. The van der Waals surface area contributed by atoms with Crippen LogP contribution in [0.25, 0.3) is 10.2 Å². The van der Waals surface area contributed by atoms with E-state index in [1.165, 1.54) is 21.7 Å². The first-order valence-electron chi connectivity index (χ1n) is 13.0. The highest BCUT2D eigenvalue weighted by molar-refractivity contribution is 7.89. The van der Waals surface area contributed by atoms with Gasteiger partial charge in [0.05, 0.1) is 27.3 Å². The third-order valence-electron chi connectivity index (χ3n) is 6.25. The monoisotopic (exact) mass is 582 g/mol. The van der Waals surface area contributed by atoms with Crippen LogP contribution in [0.4, 0.5) is 9.93 Å². The number of nitrogens with one attached hydrogen (secondary N) is 1. The van der Waals surface area contributed by atoms with E-state index in [2.05, 4.69) is 10.3 Å². The van der Waals surface area contributed by atoms with Crippen LogP contribution in [0.3, 0.4) is 0 Å². The van der Waals surface area contributed by atoms with Crippen molar-refractivity contribution in [3.05, 3.63) is 90.0 Å². The molecule has 212 valence electrons. The number of nitrogen functional groups attached to an aromatic ring is 1. The number of amides is 1. The number of aliphatic hydroxyl groups is 1. The predicted octanol–water partition coefficient (Wildman–Crippen LogP) is 4.42. The number of hydrogen-bond acceptors (Lipinski definition) is 8. The SMILES string of the molecule is CC(C)CN(C[C@H](O)[C@H](Cc1ccccc1)NC(=O)OCc1ccccc1)S(=O)(=O)c1ccc2nc(N)sc2c1. The van der Waals surface area contributed by atoms with Crippen molar-refractivity contribution >= 4 is 42.8 Å². The smallest absolute Gasteiger partial charge is 0.407 e. The molecule has 0 spiro atoms. The van der Waals surface area contributed by atoms with Gasteiger partial charge in [0.15, 0.2) is 5.13 Å². The fourth-order valence-electron chi connectivity index (χ4n) is 4.31. The Kier molecular flexibility index (Phi) is 9.75. The van der Waals surface area contributed by atoms with E-state index < -0.39 is 28.3 Å². The summed E-state index contributed by atoms with van der Waals surface area (Å²) < 4.78 is 34.9. The van der Waals surface area contributed by atoms with Crippen LogP contribution < -0.4 is 11.1 Å². The van der Waals surface area contributed by atoms with Gasteiger partial charge in [-0.3, -0.25) is 0 Å². The summed E-state index contributed by atoms with van der Waals surface area (Å²) in [6.45, 7) is 3.84. The number of fused-ring (bicyclic) bond motifs is 1. The van der Waals surface area contributed by atoms with Crippen LogP contribution in [0.5, 0.6) is 0 Å². The summed E-state index contributed by atoms with van der Waals surface area (Å²) >= 11 is 1.21. The summed E-state index contributed by atoms with van der Waals surface area (Å²) in [6.07, 6.45) is -1.64. The van der Waals surface area contributed by atoms with E-state index in [1.807, 2.05) is 74.5 Å². The standard InChI is InChI=1S/C29H34N4O5S2/c1-20(2)17-33(40(36,37)23-13-14-24-27(16-23)39-28(30)31-24)18-26(34)25(15-21-9-5-3-6-10-21)32-29(35)38-19-22-11-7-4-8-12-22/h3-14,16,20,25-26,34H,15,17-19H2,1-2H3,(H2,30,31)(H,32,35)/t25-,26-/m0/s1. The fraction of sp³-hybridized carbons (Fsp3) is 0.310. The zero-order chi connectivity index (χ0) is 28.7. The second-order valence-corrected chi connectivity index (χ2v) is 13.0. The van der Waals surface area contributed by atoms with Gasteiger partial charge in [0.1, 0.15) is 6.61 Å². The number of aliphatic hydroxyl groups excluding tert-OH is 1. The Morgan fingerprint density at radius 2 is 1.68 bits per heavy atom. The molecule has 9 nitrogen and oxygen atoms in total. The molecule has 1 heterocycles. The third-order valence-corrected chi connectivity index (χ3v) is 8.93. The van der Waals surface area contributed by atoms with Crippen LogP contribution in [0.2, 0.25) is 0 Å². The molecule has 0 aliphatic heterocycles. The summed E-state index contributed by atoms with van der Waals surface area (Å²) in [7, 11) is -3.99. The van der Waals surface area contributed by atoms with E-state index in [-0.39, 0.29) is 36.9 Å². The molecule has 4 aromatic rings. The highest BCUT2D eigenvalue weighted by atomic mass is 32.2. The first-order valence-corrected chi connectivity index (χ1v) is 15.2. The van der Waals surface area contributed by atoms with Gasteiger partial charge in [0, 0.05) is 13.1 Å². The molecule has 0 fully saturated rings. The van der Waals surface area contributed by atoms with Gasteiger partial charge in [0.2, 0.25) is 10.0 Å². The summed E-state index contributed by atoms with van der Waals surface area (Å²) in [4.78, 5) is 17.0. The van der Waals surface area contributed by atoms with Crippen molar-refractivity contribution in [3.63, 3.8) is 0 Å². The van der Waals surface area contributed by atoms with E-state index in [0.717, 1.165) is 11.1 Å². The lowest BCUT2D eigenvalue weighted by atomic mass is 10.0. The summed E-state index contributed by atoms with van der Waals surface area (Å²) in [5.41, 5.74) is 8.13. The quantitative estimate of drug-likeness (QED) is 0.225. The molecule has 0 bridgehead atoms. The Labute approximate surface area is 238 Å². The maximum atomic E-state index is 13.8. The molecule has 40 heavy (non-hydrogen) atoms. The number of nitrogens with zero attached hydrogens (tertiary/aromatic N) is 2. The number of sulfonamides is 1. The van der Waals surface area contributed by atoms with Crippen molar-refractivity contribution in [1.29, 1.82) is 0 Å². The maximum Gasteiger partial charge on any atom is 0.407 e. The van der Waals surface area contributed by atoms with Gasteiger partial charge in [-0.25, -0.2) is 18.2 Å². The van der Waals surface area contributed by atoms with Gasteiger partial charge in [-0.2, -0.15) is 4.31 Å². The number of carbonyl (C=O) groups excluding carboxylic acids is 1. The lowest BCUT2D eigenvalue weighted by Crippen LogP contribution is -2.51. The Bertz CT molecular complexity index is 1510. The van der Waals surface area contributed by atoms with Gasteiger partial charge < -0.3 is 20.9 Å². The first kappa shape index (κ1) is 29.5. The maximum absolute atomic E-state index is 13.8. The van der Waals surface area contributed by atoms with Gasteiger partial charge in [-0.05, 0) is 41.7 Å². The molecule has 2 atom stereocenters. The lowest BCUT2D eigenvalue weighted by Gasteiger charge is -2.30. The number of carbonyl (C=O) groups is 1. The number of benzene rings is 3. The minimum atomic E-state index is -3.99. The Balaban J connectivity index is 1.55. The fourth-order valence-corrected chi connectivity index (χ4v) is 6.81. The number of nitrogens with two attached hydrogens (primary N) is 1. The number of anilines is 1. The zero-order valence-corrected chi connectivity index (χ0v) is 24.1. The van der Waals surface area contributed by atoms with Gasteiger partial charge >= 0.3 is 6.09 Å². The first-order chi connectivity index (χ1) is 19.1. The Morgan fingerprint density at radius 3 is 2.33 bits per heavy atom. The predicted molar refractivity (Wildman–Crippen MR) is 157 cm³/mol. The van der Waals surface area contributed by atoms with E-state index >= 15 is 0 Å². The van der Waals surface area contributed by atoms with E-state index in [9.17, 15) is 18.3 Å². The van der Waals surface area contributed by atoms with Crippen LogP contribution >= 0.6 is 11.3 Å². The highest BCUT2D eigenvalue weighted by Gasteiger charge is 2.32. The van der Waals surface area contributed by atoms with E-state index in [1.54, 1.807) is 12.1 Å². The number of thiazole rings is 1. The minimum Gasteiger partial charge on any atom is -0.445 e. The van der Waals surface area contributed by atoms with Crippen molar-refractivity contribution in [2.24, 2.45) is 5.92 Å². The van der Waals surface area contributed by atoms with Crippen molar-refractivity contribution in [2.45, 2.75) is 43.9 Å². The highest BCUT2D eigenvalue weighted by Crippen LogP contribution is 2.28. The van der Waals surface area contributed by atoms with Gasteiger partial charge in [-0.15, -0.1) is 0 Å². The number of alkyl carbamates (subject to hydrolysis) is 1. The third kappa shape index (κ3) is 7.79. The topological polar surface area (TPSA) is 135 Å². The van der Waals surface area contributed by atoms with Crippen LogP contribution in [0, 0.1) is 5.92 Å². The van der Waals surface area contributed by atoms with Crippen LogP contribution in [0.15, 0.2) is 83.8 Å². The molecular formula is C29H34N4O5S2. The molecule has 0 aliphatic carbocycles. The zero-order valence-electron chi connectivity index (χ0n) is 22.4. The molecule has 0 unspecified atom stereocenters. The summed E-state index contributed by atoms with van der Waals surface area (Å²) in [5, 5.41) is 14.5. The number of aromatic nitrogens is 1. The Morgan fingerprint density at radius 1 is 1.02 bits per heavy atom. The van der Waals surface area contributed by atoms with Crippen molar-refractivity contribution in [1.82, 2.24) is 14.6 Å². The average Bonchev–Trinajstić information content (AvgIpc) is 3.31. The van der Waals surface area contributed by atoms with Crippen molar-refractivity contribution < 1.29 is 23.1 Å². The number of hydrogen-bond donors (Lipinski definition) is 3. The second kappa shape index (κ2) is 13.2. The molecule has 0 saturated heterocycles. The van der Waals surface area contributed by atoms with E-state index in [0.29, 0.717) is 15.3 Å². The molecule has 0 radical (unpaired) electrons. The molecule has 1 aromatic heterocycles. The van der Waals surface area contributed by atoms with E-state index in [4.69, 9.17) is 10.5 Å². The van der Waals surface area contributed by atoms with Crippen LogP contribution in [-0.2, 0) is 27.8 Å². The molecule has 0 aliphatic rings. The van der Waals surface area contributed by atoms with Crippen molar-refractivity contribution in [3.8, 4) is 0 Å². The Hall–Kier alpha value is -3.51. The summed E-state index contributed by atoms with van der Waals surface area (Å²) in [6, 6.07) is 22.5. The average molecular weight is 583 g/mol. The largest absolute Gasteiger partial charge is 0.445 e. The summed E-state index contributed by atoms with van der Waals surface area (Å²) in [5.74, 6) is -0.0128. The molecule has 0 saturated carbocycles. The molecule has 1 amide bonds. The van der Waals surface area contributed by atoms with Gasteiger partial charge in [0.25, 0.3) is 0 Å². The van der Waals surface area contributed by atoms with Gasteiger partial charge in [-0.1, -0.05) is 85.8 Å². The lowest BCUT2D eigenvalue weighted by molar-refractivity contribution is 0.0873. The normalized spacial score (nSPS) is 13.4. The minimum absolute atomic E-state index is 0.0128. The van der Waals surface area contributed by atoms with Crippen LogP contribution in [-0.4, -0.2) is 54.1 Å². The molecule has 4 rings (SSSR count).